The molecule has 24 heavy (non-hydrogen) atoms. The van der Waals surface area contributed by atoms with Gasteiger partial charge in [0.2, 0.25) is 0 Å². The molecule has 1 aliphatic heterocycles. The van der Waals surface area contributed by atoms with Crippen LogP contribution < -0.4 is 4.74 Å². The molecule has 0 fully saturated rings. The lowest BCUT2D eigenvalue weighted by Gasteiger charge is -2.13. The summed E-state index contributed by atoms with van der Waals surface area (Å²) in [6.45, 7) is 0.803. The van der Waals surface area contributed by atoms with Gasteiger partial charge in [-0.2, -0.15) is 5.26 Å². The minimum atomic E-state index is -0.230. The molecular weight excluding hydrogens is 304 g/mol. The van der Waals surface area contributed by atoms with Gasteiger partial charge in [-0.15, -0.1) is 0 Å². The minimum Gasteiger partial charge on any atom is -0.492 e. The fourth-order valence-electron chi connectivity index (χ4n) is 2.68. The van der Waals surface area contributed by atoms with E-state index < -0.39 is 0 Å². The van der Waals surface area contributed by atoms with Crippen LogP contribution in [0, 0.1) is 11.3 Å². The molecule has 0 aliphatic carbocycles. The van der Waals surface area contributed by atoms with Crippen LogP contribution in [0.3, 0.4) is 0 Å². The number of ether oxygens (including phenoxy) is 1. The third-order valence-corrected chi connectivity index (χ3v) is 3.92. The summed E-state index contributed by atoms with van der Waals surface area (Å²) in [7, 11) is 0. The van der Waals surface area contributed by atoms with Crippen LogP contribution in [0.4, 0.5) is 0 Å². The van der Waals surface area contributed by atoms with Crippen molar-refractivity contribution in [3.05, 3.63) is 65.2 Å². The molecule has 5 heteroatoms. The maximum absolute atomic E-state index is 12.2. The van der Waals surface area contributed by atoms with Gasteiger partial charge in [-0.25, -0.2) is 0 Å². The van der Waals surface area contributed by atoms with E-state index in [1.165, 1.54) is 4.90 Å². The normalized spacial score (nSPS) is 12.9. The van der Waals surface area contributed by atoms with Crippen LogP contribution in [0.25, 0.3) is 0 Å². The summed E-state index contributed by atoms with van der Waals surface area (Å²) in [6, 6.07) is 16.0. The van der Waals surface area contributed by atoms with Gasteiger partial charge in [0.15, 0.2) is 0 Å². The highest BCUT2D eigenvalue weighted by molar-refractivity contribution is 6.21. The highest BCUT2D eigenvalue weighted by Crippen LogP contribution is 2.23. The summed E-state index contributed by atoms with van der Waals surface area (Å²) >= 11 is 0. The molecule has 2 aromatic rings. The molecule has 0 aromatic heterocycles. The van der Waals surface area contributed by atoms with E-state index >= 15 is 0 Å². The van der Waals surface area contributed by atoms with Crippen LogP contribution in [0.2, 0.25) is 0 Å². The topological polar surface area (TPSA) is 70.4 Å². The molecule has 0 N–H and O–H groups in total. The van der Waals surface area contributed by atoms with E-state index in [2.05, 4.69) is 6.07 Å². The third-order valence-electron chi connectivity index (χ3n) is 3.92. The summed E-state index contributed by atoms with van der Waals surface area (Å²) < 4.78 is 5.60. The Labute approximate surface area is 140 Å². The average Bonchev–Trinajstić information content (AvgIpc) is 2.87. The lowest BCUT2D eigenvalue weighted by atomic mass is 10.1. The summed E-state index contributed by atoms with van der Waals surface area (Å²) in [5, 5.41) is 9.00. The Bertz CT molecular complexity index is 788. The Morgan fingerprint density at radius 3 is 2.21 bits per heavy atom. The Hall–Kier alpha value is -3.13. The van der Waals surface area contributed by atoms with Gasteiger partial charge in [0.1, 0.15) is 11.8 Å². The van der Waals surface area contributed by atoms with Crippen LogP contribution in [0.5, 0.6) is 5.75 Å². The first-order chi connectivity index (χ1) is 11.7. The Morgan fingerprint density at radius 1 is 0.917 bits per heavy atom. The quantitative estimate of drug-likeness (QED) is 0.606. The lowest BCUT2D eigenvalue weighted by Crippen LogP contribution is -2.30. The first-order valence-electron chi connectivity index (χ1n) is 7.79. The van der Waals surface area contributed by atoms with E-state index in [1.807, 2.05) is 6.07 Å². The van der Waals surface area contributed by atoms with Gasteiger partial charge < -0.3 is 4.74 Å². The Morgan fingerprint density at radius 2 is 1.54 bits per heavy atom. The molecule has 0 saturated carbocycles. The minimum absolute atomic E-state index is 0.230. The lowest BCUT2D eigenvalue weighted by molar-refractivity contribution is 0.0649. The van der Waals surface area contributed by atoms with E-state index in [0.717, 1.165) is 0 Å². The molecule has 0 spiro atoms. The number of carbonyl (C=O) groups excluding carboxylic acids is 2. The zero-order valence-corrected chi connectivity index (χ0v) is 13.1. The first kappa shape index (κ1) is 15.8. The van der Waals surface area contributed by atoms with Crippen molar-refractivity contribution < 1.29 is 14.3 Å². The number of hydrogen-bond donors (Lipinski definition) is 0. The Kier molecular flexibility index (Phi) is 4.57. The van der Waals surface area contributed by atoms with Gasteiger partial charge in [0.05, 0.1) is 23.3 Å². The van der Waals surface area contributed by atoms with Gasteiger partial charge in [-0.1, -0.05) is 24.3 Å². The number of nitrogens with zero attached hydrogens (tertiary/aromatic N) is 2. The molecule has 5 nitrogen and oxygen atoms in total. The smallest absolute Gasteiger partial charge is 0.261 e. The maximum Gasteiger partial charge on any atom is 0.261 e. The second kappa shape index (κ2) is 6.97. The van der Waals surface area contributed by atoms with Crippen molar-refractivity contribution in [2.45, 2.75) is 12.8 Å². The zero-order valence-electron chi connectivity index (χ0n) is 13.1. The SMILES string of the molecule is N#Cc1ccccc1OCCCCN1C(=O)c2ccccc2C1=O. The highest BCUT2D eigenvalue weighted by Gasteiger charge is 2.34. The second-order valence-corrected chi connectivity index (χ2v) is 5.47. The number of carbonyl (C=O) groups is 2. The number of rotatable bonds is 6. The molecule has 2 aromatic carbocycles. The fourth-order valence-corrected chi connectivity index (χ4v) is 2.68. The van der Waals surface area contributed by atoms with Crippen molar-refractivity contribution in [1.82, 2.24) is 4.90 Å². The molecule has 0 saturated heterocycles. The maximum atomic E-state index is 12.2. The summed E-state index contributed by atoms with van der Waals surface area (Å²) in [4.78, 5) is 25.7. The zero-order chi connectivity index (χ0) is 16.9. The molecule has 3 rings (SSSR count). The summed E-state index contributed by atoms with van der Waals surface area (Å²) in [5.41, 5.74) is 1.45. The van der Waals surface area contributed by atoms with Gasteiger partial charge in [0, 0.05) is 6.54 Å². The van der Waals surface area contributed by atoms with Crippen LogP contribution >= 0.6 is 0 Å². The fraction of sp³-hybridized carbons (Fsp3) is 0.211. The molecule has 0 bridgehead atoms. The predicted octanol–water partition coefficient (Wildman–Crippen LogP) is 3.01. The largest absolute Gasteiger partial charge is 0.492 e. The number of hydrogen-bond acceptors (Lipinski definition) is 4. The monoisotopic (exact) mass is 320 g/mol. The van der Waals surface area contributed by atoms with E-state index in [4.69, 9.17) is 10.00 Å². The molecule has 1 heterocycles. The van der Waals surface area contributed by atoms with E-state index in [1.54, 1.807) is 42.5 Å². The van der Waals surface area contributed by atoms with E-state index in [-0.39, 0.29) is 11.8 Å². The molecular formula is C19H16N2O3. The van der Waals surface area contributed by atoms with Gasteiger partial charge in [-0.3, -0.25) is 14.5 Å². The standard InChI is InChI=1S/C19H16N2O3/c20-13-14-7-1-4-10-17(14)24-12-6-5-11-21-18(22)15-8-2-3-9-16(15)19(21)23/h1-4,7-10H,5-6,11-12H2. The van der Waals surface area contributed by atoms with Gasteiger partial charge >= 0.3 is 0 Å². The molecule has 0 unspecified atom stereocenters. The number of para-hydroxylation sites is 1. The Balaban J connectivity index is 1.49. The number of amides is 2. The summed E-state index contributed by atoms with van der Waals surface area (Å²) in [6.07, 6.45) is 1.34. The average molecular weight is 320 g/mol. The number of benzene rings is 2. The number of nitriles is 1. The third kappa shape index (κ3) is 2.99. The van der Waals surface area contributed by atoms with Crippen LogP contribution in [0.15, 0.2) is 48.5 Å². The summed E-state index contributed by atoms with van der Waals surface area (Å²) in [5.74, 6) is 0.0958. The van der Waals surface area contributed by atoms with Crippen molar-refractivity contribution in [1.29, 1.82) is 5.26 Å². The van der Waals surface area contributed by atoms with Crippen LogP contribution in [-0.4, -0.2) is 29.9 Å². The first-order valence-corrected chi connectivity index (χ1v) is 7.79. The van der Waals surface area contributed by atoms with Crippen LogP contribution in [0.1, 0.15) is 39.1 Å². The van der Waals surface area contributed by atoms with Crippen molar-refractivity contribution in [2.24, 2.45) is 0 Å². The van der Waals surface area contributed by atoms with Crippen molar-refractivity contribution >= 4 is 11.8 Å². The van der Waals surface area contributed by atoms with Crippen LogP contribution in [-0.2, 0) is 0 Å². The highest BCUT2D eigenvalue weighted by atomic mass is 16.5. The molecule has 2 amide bonds. The number of imide groups is 1. The number of unbranched alkanes of at least 4 members (excludes halogenated alkanes) is 1. The van der Waals surface area contributed by atoms with Crippen molar-refractivity contribution in [3.63, 3.8) is 0 Å². The predicted molar refractivity (Wildman–Crippen MR) is 87.7 cm³/mol. The molecule has 1 aliphatic rings. The van der Waals surface area contributed by atoms with Gasteiger partial charge in [0.25, 0.3) is 11.8 Å². The van der Waals surface area contributed by atoms with Crippen molar-refractivity contribution in [3.8, 4) is 11.8 Å². The second-order valence-electron chi connectivity index (χ2n) is 5.47. The number of fused-ring (bicyclic) bond motifs is 1. The van der Waals surface area contributed by atoms with Gasteiger partial charge in [-0.05, 0) is 37.1 Å². The van der Waals surface area contributed by atoms with E-state index in [9.17, 15) is 9.59 Å². The van der Waals surface area contributed by atoms with E-state index in [0.29, 0.717) is 48.4 Å². The molecule has 0 radical (unpaired) electrons. The van der Waals surface area contributed by atoms with Crippen molar-refractivity contribution in [2.75, 3.05) is 13.2 Å². The molecule has 120 valence electrons. The molecule has 0 atom stereocenters.